The van der Waals surface area contributed by atoms with Crippen molar-refractivity contribution in [3.05, 3.63) is 111 Å². The van der Waals surface area contributed by atoms with Gasteiger partial charge in [-0.1, -0.05) is 42.1 Å². The Kier molecular flexibility index (Phi) is 5.38. The number of halogens is 1. The van der Waals surface area contributed by atoms with Gasteiger partial charge in [0.1, 0.15) is 21.8 Å². The van der Waals surface area contributed by atoms with Crippen LogP contribution in [-0.2, 0) is 6.42 Å². The second-order valence-electron chi connectivity index (χ2n) is 8.23. The Morgan fingerprint density at radius 1 is 0.917 bits per heavy atom. The normalized spacial score (nSPS) is 12.5. The van der Waals surface area contributed by atoms with Gasteiger partial charge < -0.3 is 14.3 Å². The van der Waals surface area contributed by atoms with E-state index in [1.54, 1.807) is 12.1 Å². The van der Waals surface area contributed by atoms with Gasteiger partial charge in [0, 0.05) is 28.1 Å². The van der Waals surface area contributed by atoms with Crippen molar-refractivity contribution in [3.8, 4) is 28.4 Å². The molecule has 0 saturated carbocycles. The number of hydrogen-bond donors (Lipinski definition) is 1. The maximum absolute atomic E-state index is 14.0. The first kappa shape index (κ1) is 22.2. The smallest absolute Gasteiger partial charge is 0.354 e. The predicted octanol–water partition coefficient (Wildman–Crippen LogP) is 5.54. The van der Waals surface area contributed by atoms with Crippen LogP contribution in [0.5, 0.6) is 11.5 Å². The Labute approximate surface area is 208 Å². The molecule has 0 bridgehead atoms. The van der Waals surface area contributed by atoms with E-state index < -0.39 is 22.8 Å². The molecule has 178 valence electrons. The first-order chi connectivity index (χ1) is 17.5. The topological polar surface area (TPSA) is 81.7 Å². The van der Waals surface area contributed by atoms with E-state index in [4.69, 9.17) is 9.15 Å². The average molecular weight is 500 g/mol. The number of ether oxygens (including phenoxy) is 1. The molecule has 6 nitrogen and oxygen atoms in total. The van der Waals surface area contributed by atoms with Gasteiger partial charge in [-0.15, -0.1) is 0 Å². The van der Waals surface area contributed by atoms with Crippen molar-refractivity contribution in [2.24, 2.45) is 0 Å². The van der Waals surface area contributed by atoms with Gasteiger partial charge in [-0.3, -0.25) is 9.36 Å². The highest BCUT2D eigenvalue weighted by Gasteiger charge is 2.29. The van der Waals surface area contributed by atoms with Gasteiger partial charge in [0.15, 0.2) is 11.3 Å². The van der Waals surface area contributed by atoms with Crippen molar-refractivity contribution in [3.63, 3.8) is 0 Å². The lowest BCUT2D eigenvalue weighted by Gasteiger charge is -2.19. The molecule has 1 aliphatic rings. The van der Waals surface area contributed by atoms with Gasteiger partial charge >= 0.3 is 5.63 Å². The Bertz CT molecular complexity index is 1740. The molecule has 0 aliphatic carbocycles. The minimum absolute atomic E-state index is 0.0356. The van der Waals surface area contributed by atoms with Crippen LogP contribution in [0, 0.1) is 5.82 Å². The fourth-order valence-corrected chi connectivity index (χ4v) is 5.31. The van der Waals surface area contributed by atoms with Crippen molar-refractivity contribution >= 4 is 22.7 Å². The summed E-state index contributed by atoms with van der Waals surface area (Å²) in [5.74, 6) is -0.286. The Hall–Kier alpha value is -4.30. The highest BCUT2D eigenvalue weighted by molar-refractivity contribution is 7.99. The van der Waals surface area contributed by atoms with Crippen molar-refractivity contribution in [1.29, 1.82) is 0 Å². The van der Waals surface area contributed by atoms with Gasteiger partial charge in [0.05, 0.1) is 12.3 Å². The van der Waals surface area contributed by atoms with E-state index in [0.717, 1.165) is 11.8 Å². The number of pyridine rings is 1. The Morgan fingerprint density at radius 3 is 2.42 bits per heavy atom. The second-order valence-corrected chi connectivity index (χ2v) is 9.31. The molecule has 36 heavy (non-hydrogen) atoms. The van der Waals surface area contributed by atoms with E-state index >= 15 is 0 Å². The van der Waals surface area contributed by atoms with Gasteiger partial charge in [-0.2, -0.15) is 0 Å². The van der Waals surface area contributed by atoms with E-state index in [0.29, 0.717) is 46.2 Å². The monoisotopic (exact) mass is 499 g/mol. The number of fused-ring (bicyclic) bond motifs is 5. The lowest BCUT2D eigenvalue weighted by Crippen LogP contribution is -2.23. The summed E-state index contributed by atoms with van der Waals surface area (Å²) < 4.78 is 26.6. The van der Waals surface area contributed by atoms with Crippen molar-refractivity contribution in [1.82, 2.24) is 4.57 Å². The molecule has 0 saturated heterocycles. The zero-order chi connectivity index (χ0) is 24.8. The molecule has 6 rings (SSSR count). The second kappa shape index (κ2) is 8.73. The molecule has 0 spiro atoms. The summed E-state index contributed by atoms with van der Waals surface area (Å²) in [4.78, 5) is 27.5. The molecule has 0 amide bonds. The molecule has 2 aromatic heterocycles. The molecule has 5 aromatic rings. The van der Waals surface area contributed by atoms with Crippen LogP contribution in [0.3, 0.4) is 0 Å². The standard InChI is InChI=1S/C28H18FNO5S/c29-16-10-12-18(13-11-16)36-26-24(31)22-25(35-28(26)33)20-14-15-34-21-9-5-4-8-19(21)23(20)30(27(22)32)17-6-2-1-3-7-17/h1-13,31H,14-15H2. The molecular weight excluding hydrogens is 481 g/mol. The molecule has 3 heterocycles. The Balaban J connectivity index is 1.71. The van der Waals surface area contributed by atoms with Crippen LogP contribution in [0.25, 0.3) is 27.9 Å². The third-order valence-electron chi connectivity index (χ3n) is 6.06. The van der Waals surface area contributed by atoms with E-state index in [2.05, 4.69) is 0 Å². The SMILES string of the molecule is O=c1oc2c3c(n(-c4ccccc4)c(=O)c2c(O)c1Sc1ccc(F)cc1)-c1ccccc1OCC3. The summed E-state index contributed by atoms with van der Waals surface area (Å²) in [7, 11) is 0. The molecule has 0 fully saturated rings. The van der Waals surface area contributed by atoms with Crippen molar-refractivity contribution in [2.45, 2.75) is 16.2 Å². The highest BCUT2D eigenvalue weighted by Crippen LogP contribution is 2.42. The summed E-state index contributed by atoms with van der Waals surface area (Å²) in [5, 5.41) is 11.2. The van der Waals surface area contributed by atoms with E-state index in [1.165, 1.54) is 28.8 Å². The van der Waals surface area contributed by atoms with Crippen LogP contribution < -0.4 is 15.9 Å². The van der Waals surface area contributed by atoms with Gasteiger partial charge in [-0.05, 0) is 48.5 Å². The first-order valence-electron chi connectivity index (χ1n) is 11.2. The van der Waals surface area contributed by atoms with Crippen molar-refractivity contribution in [2.75, 3.05) is 6.61 Å². The van der Waals surface area contributed by atoms with E-state index in [1.807, 2.05) is 42.5 Å². The maximum Gasteiger partial charge on any atom is 0.354 e. The zero-order valence-electron chi connectivity index (χ0n) is 18.7. The number of benzene rings is 3. The fraction of sp³-hybridized carbons (Fsp3) is 0.0714. The maximum atomic E-state index is 14.0. The van der Waals surface area contributed by atoms with Gasteiger partial charge in [-0.25, -0.2) is 9.18 Å². The Morgan fingerprint density at radius 2 is 1.64 bits per heavy atom. The summed E-state index contributed by atoms with van der Waals surface area (Å²) in [6.07, 6.45) is 0.348. The molecule has 1 N–H and O–H groups in total. The number of hydrogen-bond acceptors (Lipinski definition) is 6. The van der Waals surface area contributed by atoms with Crippen LogP contribution in [0.1, 0.15) is 5.56 Å². The zero-order valence-corrected chi connectivity index (χ0v) is 19.5. The van der Waals surface area contributed by atoms with E-state index in [9.17, 15) is 19.1 Å². The number of aromatic hydroxyl groups is 1. The average Bonchev–Trinajstić information content (AvgIpc) is 3.08. The van der Waals surface area contributed by atoms with Crippen LogP contribution in [-0.4, -0.2) is 16.3 Å². The number of rotatable bonds is 3. The van der Waals surface area contributed by atoms with E-state index in [-0.39, 0.29) is 15.9 Å². The van der Waals surface area contributed by atoms with Crippen LogP contribution in [0.4, 0.5) is 4.39 Å². The lowest BCUT2D eigenvalue weighted by molar-refractivity contribution is 0.326. The number of aromatic nitrogens is 1. The fourth-order valence-electron chi connectivity index (χ4n) is 4.47. The van der Waals surface area contributed by atoms with Crippen molar-refractivity contribution < 1.29 is 18.7 Å². The lowest BCUT2D eigenvalue weighted by atomic mass is 10.00. The summed E-state index contributed by atoms with van der Waals surface area (Å²) in [6, 6.07) is 21.9. The minimum Gasteiger partial charge on any atom is -0.505 e. The number of nitrogens with zero attached hydrogens (tertiary/aromatic N) is 1. The van der Waals surface area contributed by atoms with Gasteiger partial charge in [0.2, 0.25) is 0 Å². The quantitative estimate of drug-likeness (QED) is 0.351. The third-order valence-corrected chi connectivity index (χ3v) is 7.13. The summed E-state index contributed by atoms with van der Waals surface area (Å²) in [6.45, 7) is 0.294. The predicted molar refractivity (Wildman–Crippen MR) is 135 cm³/mol. The summed E-state index contributed by atoms with van der Waals surface area (Å²) >= 11 is 0.909. The highest BCUT2D eigenvalue weighted by atomic mass is 32.2. The first-order valence-corrected chi connectivity index (χ1v) is 12.0. The third kappa shape index (κ3) is 3.58. The molecular formula is C28H18FNO5S. The van der Waals surface area contributed by atoms with Crippen LogP contribution >= 0.6 is 11.8 Å². The largest absolute Gasteiger partial charge is 0.505 e. The van der Waals surface area contributed by atoms with Crippen LogP contribution in [0.15, 0.2) is 103 Å². The minimum atomic E-state index is -0.785. The molecule has 8 heteroatoms. The molecule has 1 aliphatic heterocycles. The number of para-hydroxylation sites is 2. The molecule has 3 aromatic carbocycles. The van der Waals surface area contributed by atoms with Crippen LogP contribution in [0.2, 0.25) is 0 Å². The summed E-state index contributed by atoms with van der Waals surface area (Å²) in [5.41, 5.74) is 1.13. The van der Waals surface area contributed by atoms with Gasteiger partial charge in [0.25, 0.3) is 5.56 Å². The molecule has 0 unspecified atom stereocenters. The molecule has 0 radical (unpaired) electrons. The molecule has 0 atom stereocenters.